The summed E-state index contributed by atoms with van der Waals surface area (Å²) in [7, 11) is -2.90. The van der Waals surface area contributed by atoms with E-state index in [1.54, 1.807) is 0 Å². The lowest BCUT2D eigenvalue weighted by Gasteiger charge is -2.24. The zero-order valence-electron chi connectivity index (χ0n) is 11.2. The van der Waals surface area contributed by atoms with Gasteiger partial charge in [0.1, 0.15) is 9.84 Å². The molecule has 0 heterocycles. The predicted octanol–water partition coefficient (Wildman–Crippen LogP) is 0.316. The minimum absolute atomic E-state index is 0.0591. The molecule has 0 aromatic rings. The summed E-state index contributed by atoms with van der Waals surface area (Å²) in [4.78, 5) is 11.5. The van der Waals surface area contributed by atoms with Gasteiger partial charge >= 0.3 is 0 Å². The minimum Gasteiger partial charge on any atom is -0.350 e. The van der Waals surface area contributed by atoms with Gasteiger partial charge in [0.05, 0.1) is 12.3 Å². The third kappa shape index (κ3) is 10.3. The van der Waals surface area contributed by atoms with Crippen molar-refractivity contribution in [2.45, 2.75) is 39.2 Å². The summed E-state index contributed by atoms with van der Waals surface area (Å²) in [6.07, 6.45) is 2.61. The van der Waals surface area contributed by atoms with Crippen LogP contribution in [-0.2, 0) is 14.6 Å². The first-order valence-corrected chi connectivity index (χ1v) is 7.92. The van der Waals surface area contributed by atoms with Gasteiger partial charge in [-0.05, 0) is 33.2 Å². The highest BCUT2D eigenvalue weighted by atomic mass is 32.2. The predicted molar refractivity (Wildman–Crippen MR) is 69.7 cm³/mol. The fraction of sp³-hybridized carbons (Fsp3) is 0.909. The third-order valence-corrected chi connectivity index (χ3v) is 3.55. The number of nitrogens with one attached hydrogen (secondary N) is 2. The molecule has 102 valence electrons. The highest BCUT2D eigenvalue weighted by Gasteiger charge is 2.16. The van der Waals surface area contributed by atoms with Gasteiger partial charge in [-0.1, -0.05) is 6.92 Å². The molecule has 0 saturated heterocycles. The molecule has 0 aliphatic rings. The molecule has 0 bridgehead atoms. The van der Waals surface area contributed by atoms with Crippen LogP contribution in [0.4, 0.5) is 0 Å². The lowest BCUT2D eigenvalue weighted by Crippen LogP contribution is -2.46. The van der Waals surface area contributed by atoms with Gasteiger partial charge in [0, 0.05) is 11.8 Å². The van der Waals surface area contributed by atoms with Gasteiger partial charge in [-0.2, -0.15) is 0 Å². The minimum atomic E-state index is -2.90. The van der Waals surface area contributed by atoms with Gasteiger partial charge in [-0.25, -0.2) is 8.42 Å². The van der Waals surface area contributed by atoms with E-state index in [4.69, 9.17) is 0 Å². The van der Waals surface area contributed by atoms with Crippen LogP contribution in [0.5, 0.6) is 0 Å². The Kier molecular flexibility index (Phi) is 6.70. The van der Waals surface area contributed by atoms with Crippen molar-refractivity contribution in [3.63, 3.8) is 0 Å². The molecule has 0 atom stereocenters. The first kappa shape index (κ1) is 16.4. The topological polar surface area (TPSA) is 75.3 Å². The zero-order chi connectivity index (χ0) is 13.5. The molecule has 0 fully saturated rings. The van der Waals surface area contributed by atoms with E-state index in [9.17, 15) is 13.2 Å². The van der Waals surface area contributed by atoms with Crippen LogP contribution in [-0.4, -0.2) is 45.0 Å². The summed E-state index contributed by atoms with van der Waals surface area (Å²) in [6.45, 7) is 6.71. The Balaban J connectivity index is 3.66. The average molecular weight is 264 g/mol. The number of rotatable bonds is 8. The van der Waals surface area contributed by atoms with Gasteiger partial charge in [0.15, 0.2) is 0 Å². The van der Waals surface area contributed by atoms with E-state index < -0.39 is 9.84 Å². The fourth-order valence-electron chi connectivity index (χ4n) is 1.17. The van der Waals surface area contributed by atoms with E-state index in [-0.39, 0.29) is 23.7 Å². The average Bonchev–Trinajstić information content (AvgIpc) is 2.14. The molecule has 1 amide bonds. The van der Waals surface area contributed by atoms with Crippen molar-refractivity contribution < 1.29 is 13.2 Å². The first-order chi connectivity index (χ1) is 7.66. The molecule has 0 aromatic carbocycles. The summed E-state index contributed by atoms with van der Waals surface area (Å²) in [6, 6.07) is 0. The quantitative estimate of drug-likeness (QED) is 0.619. The normalized spacial score (nSPS) is 12.5. The van der Waals surface area contributed by atoms with E-state index in [0.717, 1.165) is 6.42 Å². The molecule has 2 N–H and O–H groups in total. The fourth-order valence-corrected chi connectivity index (χ4v) is 1.84. The van der Waals surface area contributed by atoms with Crippen molar-refractivity contribution in [2.75, 3.05) is 25.1 Å². The molecule has 0 unspecified atom stereocenters. The van der Waals surface area contributed by atoms with Crippen molar-refractivity contribution >= 4 is 15.7 Å². The van der Waals surface area contributed by atoms with Gasteiger partial charge in [0.25, 0.3) is 0 Å². The molecule has 0 radical (unpaired) electrons. The van der Waals surface area contributed by atoms with Crippen LogP contribution in [0.25, 0.3) is 0 Å². The van der Waals surface area contributed by atoms with Gasteiger partial charge in [-0.15, -0.1) is 0 Å². The molecule has 0 rings (SSSR count). The summed E-state index contributed by atoms with van der Waals surface area (Å²) < 4.78 is 21.7. The van der Waals surface area contributed by atoms with Crippen LogP contribution in [0.2, 0.25) is 0 Å². The van der Waals surface area contributed by atoms with Crippen molar-refractivity contribution in [2.24, 2.45) is 0 Å². The van der Waals surface area contributed by atoms with Crippen LogP contribution in [0.1, 0.15) is 33.6 Å². The van der Waals surface area contributed by atoms with Crippen LogP contribution in [0.15, 0.2) is 0 Å². The molecular formula is C11H24N2O3S. The van der Waals surface area contributed by atoms with Crippen molar-refractivity contribution in [3.8, 4) is 0 Å². The maximum absolute atomic E-state index is 11.5. The molecule has 0 aliphatic heterocycles. The number of amides is 1. The van der Waals surface area contributed by atoms with Crippen molar-refractivity contribution in [3.05, 3.63) is 0 Å². The molecule has 5 nitrogen and oxygen atoms in total. The zero-order valence-corrected chi connectivity index (χ0v) is 12.0. The molecule has 0 aromatic heterocycles. The molecule has 0 saturated carbocycles. The third-order valence-electron chi connectivity index (χ3n) is 2.52. The molecule has 17 heavy (non-hydrogen) atoms. The van der Waals surface area contributed by atoms with Gasteiger partial charge in [0.2, 0.25) is 5.91 Å². The smallest absolute Gasteiger partial charge is 0.234 e. The van der Waals surface area contributed by atoms with E-state index >= 15 is 0 Å². The van der Waals surface area contributed by atoms with Crippen LogP contribution in [0.3, 0.4) is 0 Å². The first-order valence-electron chi connectivity index (χ1n) is 5.86. The van der Waals surface area contributed by atoms with E-state index in [1.165, 1.54) is 6.26 Å². The number of hydrogen-bond donors (Lipinski definition) is 2. The standard InChI is InChI=1S/C11H24N2O3S/c1-5-11(2,3)13-10(14)9-12-7-6-8-17(4,15)16/h12H,5-9H2,1-4H3,(H,13,14). The van der Waals surface area contributed by atoms with Gasteiger partial charge < -0.3 is 10.6 Å². The van der Waals surface area contributed by atoms with Crippen LogP contribution < -0.4 is 10.6 Å². The van der Waals surface area contributed by atoms with Gasteiger partial charge in [-0.3, -0.25) is 4.79 Å². The van der Waals surface area contributed by atoms with E-state index in [2.05, 4.69) is 10.6 Å². The Labute approximate surface area is 104 Å². The molecular weight excluding hydrogens is 240 g/mol. The summed E-state index contributed by atoms with van der Waals surface area (Å²) in [5.74, 6) is 0.0958. The maximum atomic E-state index is 11.5. The SMILES string of the molecule is CCC(C)(C)NC(=O)CNCCCS(C)(=O)=O. The number of sulfone groups is 1. The van der Waals surface area contributed by atoms with Crippen molar-refractivity contribution in [1.82, 2.24) is 10.6 Å². The monoisotopic (exact) mass is 264 g/mol. The number of hydrogen-bond acceptors (Lipinski definition) is 4. The second-order valence-electron chi connectivity index (χ2n) is 4.95. The van der Waals surface area contributed by atoms with Crippen molar-refractivity contribution in [1.29, 1.82) is 0 Å². The lowest BCUT2D eigenvalue weighted by atomic mass is 10.0. The highest BCUT2D eigenvalue weighted by Crippen LogP contribution is 2.05. The molecule has 6 heteroatoms. The largest absolute Gasteiger partial charge is 0.350 e. The highest BCUT2D eigenvalue weighted by molar-refractivity contribution is 7.90. The number of carbonyl (C=O) groups excluding carboxylic acids is 1. The summed E-state index contributed by atoms with van der Waals surface area (Å²) in [5, 5.41) is 5.82. The summed E-state index contributed by atoms with van der Waals surface area (Å²) >= 11 is 0. The second-order valence-corrected chi connectivity index (χ2v) is 7.21. The molecule has 0 spiro atoms. The van der Waals surface area contributed by atoms with Crippen LogP contribution in [0, 0.1) is 0 Å². The number of carbonyl (C=O) groups is 1. The van der Waals surface area contributed by atoms with Crippen LogP contribution >= 0.6 is 0 Å². The Morgan fingerprint density at radius 3 is 2.35 bits per heavy atom. The Morgan fingerprint density at radius 1 is 1.29 bits per heavy atom. The lowest BCUT2D eigenvalue weighted by molar-refractivity contribution is -0.121. The molecule has 0 aliphatic carbocycles. The summed E-state index contributed by atoms with van der Waals surface area (Å²) in [5.41, 5.74) is -0.189. The van der Waals surface area contributed by atoms with E-state index in [0.29, 0.717) is 13.0 Å². The Morgan fingerprint density at radius 2 is 1.88 bits per heavy atom. The second kappa shape index (κ2) is 6.96. The van der Waals surface area contributed by atoms with E-state index in [1.807, 2.05) is 20.8 Å². The Hall–Kier alpha value is -0.620. The maximum Gasteiger partial charge on any atom is 0.234 e. The Bertz CT molecular complexity index is 337.